The molecule has 0 fully saturated rings. The second-order valence-electron chi connectivity index (χ2n) is 0.707. The van der Waals surface area contributed by atoms with Crippen LogP contribution in [0.3, 0.4) is 0 Å². The summed E-state index contributed by atoms with van der Waals surface area (Å²) in [7, 11) is 0. The Bertz CT molecular complexity index is 3.25. The minimum absolute atomic E-state index is 0. The molecule has 0 radical (unpaired) electrons. The SMILES string of the molecule is CCC.[Kr]. The maximum atomic E-state index is 2.12. The van der Waals surface area contributed by atoms with Gasteiger partial charge in [-0.25, -0.2) is 0 Å². The summed E-state index contributed by atoms with van der Waals surface area (Å²) < 4.78 is 0. The van der Waals surface area contributed by atoms with Crippen molar-refractivity contribution in [2.24, 2.45) is 0 Å². The van der Waals surface area contributed by atoms with E-state index in [2.05, 4.69) is 13.8 Å². The summed E-state index contributed by atoms with van der Waals surface area (Å²) in [5.41, 5.74) is 0. The third-order valence-corrected chi connectivity index (χ3v) is 0. The number of hydrogen-bond acceptors (Lipinski definition) is 0. The second-order valence-corrected chi connectivity index (χ2v) is 0.707. The van der Waals surface area contributed by atoms with Gasteiger partial charge < -0.3 is 0 Å². The summed E-state index contributed by atoms with van der Waals surface area (Å²) in [6.07, 6.45) is 1.25. The summed E-state index contributed by atoms with van der Waals surface area (Å²) in [6, 6.07) is 0. The Labute approximate surface area is 64.9 Å². The van der Waals surface area contributed by atoms with E-state index in [0.29, 0.717) is 0 Å². The van der Waals surface area contributed by atoms with Gasteiger partial charge in [-0.15, -0.1) is 0 Å². The summed E-state index contributed by atoms with van der Waals surface area (Å²) in [6.45, 7) is 4.25. The standard InChI is InChI=1S/C3H8.Kr/c1-3-2;/h3H2,1-2H3;. The van der Waals surface area contributed by atoms with Crippen molar-refractivity contribution in [2.45, 2.75) is 20.3 Å². The Hall–Kier alpha value is 1.48. The van der Waals surface area contributed by atoms with Crippen LogP contribution in [-0.2, 0) is 0 Å². The molecule has 0 atom stereocenters. The van der Waals surface area contributed by atoms with Crippen LogP contribution in [0, 0.1) is 45.5 Å². The molecule has 0 spiro atoms. The number of hydrogen-bond donors (Lipinski definition) is 0. The summed E-state index contributed by atoms with van der Waals surface area (Å²) in [4.78, 5) is 0. The van der Waals surface area contributed by atoms with E-state index in [4.69, 9.17) is 0 Å². The van der Waals surface area contributed by atoms with E-state index in [1.807, 2.05) is 0 Å². The Balaban J connectivity index is 0. The molecule has 0 unspecified atom stereocenters. The molecule has 0 N–H and O–H groups in total. The zero-order valence-corrected chi connectivity index (χ0v) is 4.54. The Morgan fingerprint density at radius 3 is 1.25 bits per heavy atom. The molecule has 0 heterocycles. The molecule has 0 rings (SSSR count). The predicted molar refractivity (Wildman–Crippen MR) is 16.0 cm³/mol. The van der Waals surface area contributed by atoms with Gasteiger partial charge in [-0.1, -0.05) is 20.3 Å². The van der Waals surface area contributed by atoms with Gasteiger partial charge in [-0.05, 0) is 0 Å². The van der Waals surface area contributed by atoms with Crippen molar-refractivity contribution in [3.63, 3.8) is 0 Å². The van der Waals surface area contributed by atoms with Crippen LogP contribution in [0.1, 0.15) is 20.3 Å². The van der Waals surface area contributed by atoms with Crippen LogP contribution in [0.4, 0.5) is 0 Å². The van der Waals surface area contributed by atoms with Crippen LogP contribution in [0.25, 0.3) is 0 Å². The van der Waals surface area contributed by atoms with Gasteiger partial charge >= 0.3 is 0 Å². The first kappa shape index (κ1) is 9.08. The molecule has 28 valence electrons. The van der Waals surface area contributed by atoms with Crippen molar-refractivity contribution in [1.29, 1.82) is 0 Å². The van der Waals surface area contributed by atoms with Crippen molar-refractivity contribution < 1.29 is 45.5 Å². The van der Waals surface area contributed by atoms with Gasteiger partial charge in [0.15, 0.2) is 0 Å². The molecule has 0 saturated carbocycles. The Morgan fingerprint density at radius 1 is 1.25 bits per heavy atom. The molecule has 1 heteroatoms. The predicted octanol–water partition coefficient (Wildman–Crippen LogP) is 1.42. The van der Waals surface area contributed by atoms with Gasteiger partial charge in [0.2, 0.25) is 0 Å². The van der Waals surface area contributed by atoms with Crippen LogP contribution in [0.5, 0.6) is 0 Å². The average Bonchev–Trinajstić information content (AvgIpc) is 0.918. The Kier molecular flexibility index (Phi) is 20.0. The summed E-state index contributed by atoms with van der Waals surface area (Å²) in [5.74, 6) is 0. The second kappa shape index (κ2) is 8.82. The van der Waals surface area contributed by atoms with Crippen LogP contribution in [0.2, 0.25) is 0 Å². The van der Waals surface area contributed by atoms with E-state index in [-0.39, 0.29) is 45.5 Å². The van der Waals surface area contributed by atoms with E-state index in [1.165, 1.54) is 6.42 Å². The molecular weight excluding hydrogens is 120 g/mol. The van der Waals surface area contributed by atoms with Crippen LogP contribution in [0.15, 0.2) is 0 Å². The first-order chi connectivity index (χ1) is 1.41. The van der Waals surface area contributed by atoms with Gasteiger partial charge in [0.05, 0.1) is 0 Å². The fraction of sp³-hybridized carbons (Fsp3) is 1.00. The molecule has 0 bridgehead atoms. The zero-order valence-electron chi connectivity index (χ0n) is 3.06. The minimum atomic E-state index is 0. The molecular formula is C3H8Kr. The van der Waals surface area contributed by atoms with Crippen LogP contribution in [-0.4, -0.2) is 0 Å². The fourth-order valence-corrected chi connectivity index (χ4v) is 0. The fourth-order valence-electron chi connectivity index (χ4n) is 0. The number of rotatable bonds is 0. The molecule has 0 amide bonds. The monoisotopic (exact) mass is 128 g/mol. The van der Waals surface area contributed by atoms with Crippen molar-refractivity contribution in [2.75, 3.05) is 0 Å². The zero-order chi connectivity index (χ0) is 2.71. The van der Waals surface area contributed by atoms with Crippen LogP contribution >= 0.6 is 0 Å². The van der Waals surface area contributed by atoms with E-state index in [9.17, 15) is 0 Å². The van der Waals surface area contributed by atoms with Gasteiger partial charge in [0.1, 0.15) is 0 Å². The smallest absolute Gasteiger partial charge is 0 e. The third kappa shape index (κ3) is 9.77. The van der Waals surface area contributed by atoms with E-state index < -0.39 is 0 Å². The average molecular weight is 128 g/mol. The van der Waals surface area contributed by atoms with Crippen molar-refractivity contribution in [3.8, 4) is 0 Å². The molecule has 0 aliphatic carbocycles. The van der Waals surface area contributed by atoms with Crippen molar-refractivity contribution in [3.05, 3.63) is 0 Å². The van der Waals surface area contributed by atoms with Crippen LogP contribution < -0.4 is 0 Å². The van der Waals surface area contributed by atoms with E-state index >= 15 is 0 Å². The van der Waals surface area contributed by atoms with Crippen molar-refractivity contribution >= 4 is 0 Å². The third-order valence-electron chi connectivity index (χ3n) is 0. The van der Waals surface area contributed by atoms with Gasteiger partial charge in [0, 0.05) is 45.5 Å². The maximum Gasteiger partial charge on any atom is 0 e. The first-order valence-electron chi connectivity index (χ1n) is 1.41. The molecule has 0 aromatic heterocycles. The largest absolute Gasteiger partial charge is 0.0656 e. The first-order valence-corrected chi connectivity index (χ1v) is 1.41. The molecule has 0 aliphatic rings. The minimum Gasteiger partial charge on any atom is -0.0656 e. The topological polar surface area (TPSA) is 0 Å². The summed E-state index contributed by atoms with van der Waals surface area (Å²) >= 11 is 0. The normalized spacial score (nSPS) is 4.50. The van der Waals surface area contributed by atoms with Gasteiger partial charge in [-0.3, -0.25) is 0 Å². The maximum absolute atomic E-state index is 2.12. The molecule has 0 aromatic carbocycles. The molecule has 4 heavy (non-hydrogen) atoms. The Morgan fingerprint density at radius 2 is 1.25 bits per heavy atom. The van der Waals surface area contributed by atoms with E-state index in [0.717, 1.165) is 0 Å². The van der Waals surface area contributed by atoms with E-state index in [1.54, 1.807) is 0 Å². The molecule has 0 aromatic rings. The summed E-state index contributed by atoms with van der Waals surface area (Å²) in [5, 5.41) is 0. The van der Waals surface area contributed by atoms with Crippen molar-refractivity contribution in [1.82, 2.24) is 0 Å². The molecule has 0 nitrogen and oxygen atoms in total. The molecule has 0 aliphatic heterocycles. The van der Waals surface area contributed by atoms with Gasteiger partial charge in [-0.2, -0.15) is 0 Å². The van der Waals surface area contributed by atoms with Gasteiger partial charge in [0.25, 0.3) is 0 Å². The quantitative estimate of drug-likeness (QED) is 0.462. The molecule has 0 saturated heterocycles.